The number of benzene rings is 1. The van der Waals surface area contributed by atoms with Gasteiger partial charge in [-0.2, -0.15) is 0 Å². The van der Waals surface area contributed by atoms with E-state index in [1.807, 2.05) is 25.2 Å². The molecule has 3 fully saturated rings. The van der Waals surface area contributed by atoms with Crippen molar-refractivity contribution in [3.05, 3.63) is 30.1 Å². The van der Waals surface area contributed by atoms with Crippen molar-refractivity contribution in [1.82, 2.24) is 14.5 Å². The number of carbonyl (C=O) groups excluding carboxylic acids is 1. The number of likely N-dealkylation sites (tertiary alicyclic amines) is 1. The molecule has 1 spiro atoms. The molecule has 1 aliphatic heterocycles. The molecule has 0 radical (unpaired) electrons. The number of rotatable bonds is 2. The van der Waals surface area contributed by atoms with E-state index in [4.69, 9.17) is 0 Å². The van der Waals surface area contributed by atoms with Crippen LogP contribution in [0, 0.1) is 11.3 Å². The smallest absolute Gasteiger partial charge is 0.225 e. The number of imidazole rings is 1. The summed E-state index contributed by atoms with van der Waals surface area (Å²) < 4.78 is 2.06. The Kier molecular flexibility index (Phi) is 3.34. The van der Waals surface area contributed by atoms with Gasteiger partial charge in [-0.1, -0.05) is 6.07 Å². The number of nitrogens with zero attached hydrogens (tertiary/aromatic N) is 3. The molecule has 1 atom stereocenters. The maximum absolute atomic E-state index is 12.5. The molecule has 0 bridgehead atoms. The number of aryl methyl sites for hydroxylation is 1. The van der Waals surface area contributed by atoms with Gasteiger partial charge >= 0.3 is 0 Å². The number of aliphatic hydroxyl groups is 1. The standard InChI is InChI=1S/C21H27N3O2/c1-20(26)8-16(9-20)19(25)24-11-21(12-24)6-5-15(10-21)14-3-4-18-17(7-14)22-13-23(18)2/h3-4,7,13,15-16,26H,5-6,8-12H2,1-2H3/t15?,16-,20+. The number of hydrogen-bond donors (Lipinski definition) is 1. The molecule has 2 heterocycles. The van der Waals surface area contributed by atoms with Crippen molar-refractivity contribution >= 4 is 16.9 Å². The monoisotopic (exact) mass is 353 g/mol. The van der Waals surface area contributed by atoms with Gasteiger partial charge in [-0.15, -0.1) is 0 Å². The normalized spacial score (nSPS) is 32.7. The van der Waals surface area contributed by atoms with Gasteiger partial charge in [0.05, 0.1) is 23.0 Å². The minimum atomic E-state index is -0.620. The molecular weight excluding hydrogens is 326 g/mol. The van der Waals surface area contributed by atoms with Gasteiger partial charge in [-0.25, -0.2) is 4.98 Å². The number of hydrogen-bond acceptors (Lipinski definition) is 3. The van der Waals surface area contributed by atoms with Crippen LogP contribution in [0.2, 0.25) is 0 Å². The van der Waals surface area contributed by atoms with Crippen LogP contribution in [0.5, 0.6) is 0 Å². The molecule has 138 valence electrons. The highest BCUT2D eigenvalue weighted by atomic mass is 16.3. The highest BCUT2D eigenvalue weighted by molar-refractivity contribution is 5.81. The molecule has 2 saturated carbocycles. The average molecular weight is 353 g/mol. The third-order valence-corrected chi connectivity index (χ3v) is 7.01. The molecule has 26 heavy (non-hydrogen) atoms. The SMILES string of the molecule is Cn1cnc2cc(C3CCC4(C3)CN(C(=O)[C@H]3C[C@@](C)(O)C3)C4)ccc21. The van der Waals surface area contributed by atoms with Gasteiger partial charge in [-0.3, -0.25) is 4.79 Å². The van der Waals surface area contributed by atoms with E-state index in [-0.39, 0.29) is 11.8 Å². The van der Waals surface area contributed by atoms with E-state index in [0.29, 0.717) is 24.2 Å². The van der Waals surface area contributed by atoms with E-state index in [1.165, 1.54) is 30.3 Å². The largest absolute Gasteiger partial charge is 0.390 e. The van der Waals surface area contributed by atoms with Crippen molar-refractivity contribution in [2.45, 2.75) is 50.5 Å². The molecule has 1 N–H and O–H groups in total. The summed E-state index contributed by atoms with van der Waals surface area (Å²) in [6.07, 6.45) is 6.72. The van der Waals surface area contributed by atoms with Gasteiger partial charge in [0.1, 0.15) is 0 Å². The van der Waals surface area contributed by atoms with Crippen molar-refractivity contribution in [2.24, 2.45) is 18.4 Å². The second-order valence-electron chi connectivity index (χ2n) is 9.34. The first kappa shape index (κ1) is 16.3. The first-order chi connectivity index (χ1) is 12.3. The number of amides is 1. The van der Waals surface area contributed by atoms with Crippen LogP contribution in [0.1, 0.15) is 50.5 Å². The maximum atomic E-state index is 12.5. The molecule has 2 aliphatic carbocycles. The fraction of sp³-hybridized carbons (Fsp3) is 0.619. The summed E-state index contributed by atoms with van der Waals surface area (Å²) in [5, 5.41) is 9.87. The summed E-state index contributed by atoms with van der Waals surface area (Å²) in [6.45, 7) is 3.65. The Morgan fingerprint density at radius 1 is 1.27 bits per heavy atom. The van der Waals surface area contributed by atoms with Crippen LogP contribution < -0.4 is 0 Å². The van der Waals surface area contributed by atoms with E-state index in [9.17, 15) is 9.90 Å². The predicted molar refractivity (Wildman–Crippen MR) is 99.7 cm³/mol. The molecule has 5 heteroatoms. The van der Waals surface area contributed by atoms with Crippen LogP contribution in [0.3, 0.4) is 0 Å². The number of aromatic nitrogens is 2. The molecule has 1 saturated heterocycles. The first-order valence-electron chi connectivity index (χ1n) is 9.76. The zero-order valence-electron chi connectivity index (χ0n) is 15.6. The first-order valence-corrected chi connectivity index (χ1v) is 9.76. The van der Waals surface area contributed by atoms with Gasteiger partial charge in [0.15, 0.2) is 0 Å². The molecule has 1 aromatic carbocycles. The Hall–Kier alpha value is -1.88. The van der Waals surface area contributed by atoms with Gasteiger partial charge in [0.2, 0.25) is 5.91 Å². The summed E-state index contributed by atoms with van der Waals surface area (Å²) in [5.74, 6) is 0.898. The van der Waals surface area contributed by atoms with Crippen molar-refractivity contribution in [1.29, 1.82) is 0 Å². The summed E-state index contributed by atoms with van der Waals surface area (Å²) in [6, 6.07) is 6.69. The fourth-order valence-electron chi connectivity index (χ4n) is 5.54. The van der Waals surface area contributed by atoms with Crippen LogP contribution in [0.15, 0.2) is 24.5 Å². The van der Waals surface area contributed by atoms with Crippen molar-refractivity contribution in [3.8, 4) is 0 Å². The van der Waals surface area contributed by atoms with Crippen LogP contribution >= 0.6 is 0 Å². The Morgan fingerprint density at radius 2 is 2.04 bits per heavy atom. The van der Waals surface area contributed by atoms with Crippen LogP contribution in [-0.4, -0.2) is 44.2 Å². The lowest BCUT2D eigenvalue weighted by Crippen LogP contribution is -2.61. The third-order valence-electron chi connectivity index (χ3n) is 7.01. The van der Waals surface area contributed by atoms with E-state index in [2.05, 4.69) is 27.8 Å². The van der Waals surface area contributed by atoms with E-state index < -0.39 is 5.60 Å². The molecule has 2 aromatic rings. The number of fused-ring (bicyclic) bond motifs is 1. The van der Waals surface area contributed by atoms with Gasteiger partial charge < -0.3 is 14.6 Å². The molecule has 1 unspecified atom stereocenters. The third kappa shape index (κ3) is 2.48. The molecule has 5 rings (SSSR count). The molecular formula is C21H27N3O2. The summed E-state index contributed by atoms with van der Waals surface area (Å²) in [4.78, 5) is 19.1. The Labute approximate surface area is 154 Å². The Balaban J connectivity index is 1.23. The van der Waals surface area contributed by atoms with Crippen molar-refractivity contribution in [2.75, 3.05) is 13.1 Å². The number of carbonyl (C=O) groups is 1. The average Bonchev–Trinajstić information content (AvgIpc) is 3.15. The molecule has 1 amide bonds. The second kappa shape index (κ2) is 5.32. The van der Waals surface area contributed by atoms with E-state index in [1.54, 1.807) is 0 Å². The van der Waals surface area contributed by atoms with Gasteiger partial charge in [0.25, 0.3) is 0 Å². The summed E-state index contributed by atoms with van der Waals surface area (Å²) in [7, 11) is 2.03. The van der Waals surface area contributed by atoms with Crippen LogP contribution in [0.4, 0.5) is 0 Å². The summed E-state index contributed by atoms with van der Waals surface area (Å²) >= 11 is 0. The predicted octanol–water partition coefficient (Wildman–Crippen LogP) is 2.83. The van der Waals surface area contributed by atoms with Crippen molar-refractivity contribution < 1.29 is 9.90 Å². The molecule has 5 nitrogen and oxygen atoms in total. The lowest BCUT2D eigenvalue weighted by Gasteiger charge is -2.52. The maximum Gasteiger partial charge on any atom is 0.225 e. The zero-order valence-corrected chi connectivity index (χ0v) is 15.6. The Bertz CT molecular complexity index is 871. The quantitative estimate of drug-likeness (QED) is 0.903. The summed E-state index contributed by atoms with van der Waals surface area (Å²) in [5.41, 5.74) is 3.36. The van der Waals surface area contributed by atoms with E-state index in [0.717, 1.165) is 18.6 Å². The minimum absolute atomic E-state index is 0.0473. The molecule has 1 aromatic heterocycles. The Morgan fingerprint density at radius 3 is 2.77 bits per heavy atom. The lowest BCUT2D eigenvalue weighted by molar-refractivity contribution is -0.161. The zero-order chi connectivity index (χ0) is 18.1. The van der Waals surface area contributed by atoms with Crippen LogP contribution in [0.25, 0.3) is 11.0 Å². The van der Waals surface area contributed by atoms with E-state index >= 15 is 0 Å². The van der Waals surface area contributed by atoms with Crippen LogP contribution in [-0.2, 0) is 11.8 Å². The highest BCUT2D eigenvalue weighted by Gasteiger charge is 2.53. The minimum Gasteiger partial charge on any atom is -0.390 e. The van der Waals surface area contributed by atoms with Gasteiger partial charge in [0, 0.05) is 31.5 Å². The highest BCUT2D eigenvalue weighted by Crippen LogP contribution is 2.53. The van der Waals surface area contributed by atoms with Crippen molar-refractivity contribution in [3.63, 3.8) is 0 Å². The topological polar surface area (TPSA) is 58.4 Å². The second-order valence-corrected chi connectivity index (χ2v) is 9.34. The fourth-order valence-corrected chi connectivity index (χ4v) is 5.54. The lowest BCUT2D eigenvalue weighted by atomic mass is 9.69. The molecule has 3 aliphatic rings. The van der Waals surface area contributed by atoms with Gasteiger partial charge in [-0.05, 0) is 62.6 Å².